The molecule has 226 valence electrons. The van der Waals surface area contributed by atoms with Gasteiger partial charge in [0.1, 0.15) is 17.4 Å². The van der Waals surface area contributed by atoms with E-state index in [1.54, 1.807) is 7.11 Å². The Morgan fingerprint density at radius 2 is 1.88 bits per heavy atom. The summed E-state index contributed by atoms with van der Waals surface area (Å²) in [6.45, 7) is 4.93. The number of anilines is 1. The Bertz CT molecular complexity index is 1470. The molecule has 1 aliphatic carbocycles. The number of carbonyl (C=O) groups excluding carboxylic acids is 1. The first kappa shape index (κ1) is 29.6. The molecule has 1 aromatic heterocycles. The number of ether oxygens (including phenoxy) is 2. The molecule has 9 nitrogen and oxygen atoms in total. The number of aliphatic hydroxyl groups is 1. The summed E-state index contributed by atoms with van der Waals surface area (Å²) in [5.41, 5.74) is 4.06. The van der Waals surface area contributed by atoms with Gasteiger partial charge in [0.15, 0.2) is 0 Å². The zero-order chi connectivity index (χ0) is 29.8. The molecule has 2 fully saturated rings. The molecule has 0 spiro atoms. The van der Waals surface area contributed by atoms with Gasteiger partial charge < -0.3 is 24.8 Å². The van der Waals surface area contributed by atoms with Crippen molar-refractivity contribution in [3.8, 4) is 5.75 Å². The van der Waals surface area contributed by atoms with Crippen molar-refractivity contribution in [1.29, 1.82) is 0 Å². The summed E-state index contributed by atoms with van der Waals surface area (Å²) in [4.78, 5) is 27.6. The van der Waals surface area contributed by atoms with Crippen LogP contribution in [0.2, 0.25) is 0 Å². The van der Waals surface area contributed by atoms with Gasteiger partial charge in [-0.05, 0) is 30.5 Å². The van der Waals surface area contributed by atoms with Gasteiger partial charge >= 0.3 is 0 Å². The number of piperidine rings is 1. The molecule has 3 aliphatic rings. The summed E-state index contributed by atoms with van der Waals surface area (Å²) in [5, 5.41) is 14.2. The fourth-order valence-corrected chi connectivity index (χ4v) is 6.54. The lowest BCUT2D eigenvalue weighted by Gasteiger charge is -2.40. The lowest BCUT2D eigenvalue weighted by atomic mass is 10.0. The summed E-state index contributed by atoms with van der Waals surface area (Å²) in [7, 11) is 1.62. The number of rotatable bonds is 9. The zero-order valence-electron chi connectivity index (χ0n) is 24.5. The molecule has 2 aromatic carbocycles. The maximum atomic E-state index is 13.4. The number of halogens is 1. The van der Waals surface area contributed by atoms with Crippen LogP contribution in [0.1, 0.15) is 57.5 Å². The second kappa shape index (κ2) is 13.4. The minimum atomic E-state index is -0.350. The highest BCUT2D eigenvalue weighted by Gasteiger charge is 2.29. The molecule has 6 rings (SSSR count). The Morgan fingerprint density at radius 3 is 2.60 bits per heavy atom. The maximum absolute atomic E-state index is 13.4. The summed E-state index contributed by atoms with van der Waals surface area (Å²) in [6.07, 6.45) is 4.91. The van der Waals surface area contributed by atoms with Crippen LogP contribution >= 0.6 is 11.6 Å². The number of hydrogen-bond donors (Lipinski definition) is 2. The molecule has 2 aliphatic heterocycles. The predicted octanol–water partition coefficient (Wildman–Crippen LogP) is 4.29. The molecule has 1 amide bonds. The number of carbonyl (C=O) groups is 1. The molecule has 0 bridgehead atoms. The first-order valence-corrected chi connectivity index (χ1v) is 15.4. The van der Waals surface area contributed by atoms with Gasteiger partial charge in [0, 0.05) is 61.2 Å². The van der Waals surface area contributed by atoms with Crippen molar-refractivity contribution in [2.45, 2.75) is 37.8 Å². The molecule has 1 atom stereocenters. The minimum Gasteiger partial charge on any atom is -0.496 e. The third-order valence-electron chi connectivity index (χ3n) is 8.64. The van der Waals surface area contributed by atoms with Crippen molar-refractivity contribution in [2.75, 3.05) is 58.4 Å². The summed E-state index contributed by atoms with van der Waals surface area (Å²) >= 11 is 6.55. The van der Waals surface area contributed by atoms with Crippen molar-refractivity contribution in [3.63, 3.8) is 0 Å². The van der Waals surface area contributed by atoms with E-state index in [0.717, 1.165) is 74.6 Å². The number of methoxy groups -OCH3 is 1. The number of nitrogens with one attached hydrogen (secondary N) is 1. The Labute approximate surface area is 257 Å². The number of amides is 1. The van der Waals surface area contributed by atoms with E-state index in [1.807, 2.05) is 59.5 Å². The number of benzene rings is 2. The van der Waals surface area contributed by atoms with E-state index in [1.165, 1.54) is 0 Å². The standard InChI is InChI=1S/C33H38ClN5O4/c1-42-29-19-24(33(41)39-13-11-25(12-14-39)38-15-17-43-18-16-38)8-7-23(29)20-30-35-27-10-9-26(34)31(27)32(37-30)36-28(21-40)22-5-3-2-4-6-22/h2-9,19,25,28,40H,10-18,20-21H2,1H3,(H,35,36,37)/t28-/m1/s1. The van der Waals surface area contributed by atoms with Crippen LogP contribution in [0.25, 0.3) is 5.03 Å². The number of allylic oxidation sites excluding steroid dienone is 1. The van der Waals surface area contributed by atoms with E-state index in [-0.39, 0.29) is 18.6 Å². The highest BCUT2D eigenvalue weighted by atomic mass is 35.5. The van der Waals surface area contributed by atoms with Gasteiger partial charge in [-0.3, -0.25) is 9.69 Å². The Balaban J connectivity index is 1.18. The third kappa shape index (κ3) is 6.55. The number of morpholine rings is 1. The first-order chi connectivity index (χ1) is 21.0. The highest BCUT2D eigenvalue weighted by molar-refractivity contribution is 6.49. The van der Waals surface area contributed by atoms with Crippen LogP contribution in [0.3, 0.4) is 0 Å². The smallest absolute Gasteiger partial charge is 0.253 e. The molecule has 10 heteroatoms. The molecule has 0 saturated carbocycles. The van der Waals surface area contributed by atoms with Crippen LogP contribution < -0.4 is 10.1 Å². The average molecular weight is 604 g/mol. The number of nitrogens with zero attached hydrogens (tertiary/aromatic N) is 4. The van der Waals surface area contributed by atoms with Gasteiger partial charge in [0.2, 0.25) is 0 Å². The second-order valence-corrected chi connectivity index (χ2v) is 11.6. The molecule has 3 heterocycles. The van der Waals surface area contributed by atoms with Crippen molar-refractivity contribution < 1.29 is 19.4 Å². The molecule has 43 heavy (non-hydrogen) atoms. The van der Waals surface area contributed by atoms with Crippen LogP contribution in [0.5, 0.6) is 5.75 Å². The number of likely N-dealkylation sites (tertiary alicyclic amines) is 1. The predicted molar refractivity (Wildman–Crippen MR) is 167 cm³/mol. The number of hydrogen-bond acceptors (Lipinski definition) is 8. The van der Waals surface area contributed by atoms with Crippen LogP contribution in [0.4, 0.5) is 5.82 Å². The molecular weight excluding hydrogens is 566 g/mol. The van der Waals surface area contributed by atoms with Crippen molar-refractivity contribution in [2.24, 2.45) is 0 Å². The number of aromatic nitrogens is 2. The zero-order valence-corrected chi connectivity index (χ0v) is 25.2. The maximum Gasteiger partial charge on any atom is 0.253 e. The normalized spacial score (nSPS) is 18.2. The van der Waals surface area contributed by atoms with Crippen LogP contribution in [0, 0.1) is 0 Å². The lowest BCUT2D eigenvalue weighted by molar-refractivity contribution is 0.00158. The van der Waals surface area contributed by atoms with Gasteiger partial charge in [-0.15, -0.1) is 0 Å². The topological polar surface area (TPSA) is 100 Å². The highest BCUT2D eigenvalue weighted by Crippen LogP contribution is 2.36. The van der Waals surface area contributed by atoms with E-state index in [2.05, 4.69) is 10.2 Å². The van der Waals surface area contributed by atoms with Crippen LogP contribution in [-0.4, -0.2) is 89.9 Å². The van der Waals surface area contributed by atoms with Crippen molar-refractivity contribution in [1.82, 2.24) is 19.8 Å². The number of fused-ring (bicyclic) bond motifs is 1. The van der Waals surface area contributed by atoms with Gasteiger partial charge in [-0.25, -0.2) is 9.97 Å². The SMILES string of the molecule is COc1cc(C(=O)N2CCC(N3CCOCC3)CC2)ccc1Cc1nc2c(c(N[C@H](CO)c3ccccc3)n1)C(Cl)=CC2. The van der Waals surface area contributed by atoms with Gasteiger partial charge in [-0.2, -0.15) is 0 Å². The van der Waals surface area contributed by atoms with Crippen LogP contribution in [0.15, 0.2) is 54.6 Å². The Morgan fingerprint density at radius 1 is 1.12 bits per heavy atom. The Hall–Kier alpha value is -3.50. The van der Waals surface area contributed by atoms with E-state index in [0.29, 0.717) is 46.9 Å². The van der Waals surface area contributed by atoms with Gasteiger partial charge in [0.25, 0.3) is 5.91 Å². The Kier molecular flexibility index (Phi) is 9.23. The first-order valence-electron chi connectivity index (χ1n) is 15.0. The second-order valence-electron chi connectivity index (χ2n) is 11.2. The summed E-state index contributed by atoms with van der Waals surface area (Å²) in [6, 6.07) is 15.6. The van der Waals surface area contributed by atoms with Gasteiger partial charge in [-0.1, -0.05) is 54.1 Å². The third-order valence-corrected chi connectivity index (χ3v) is 8.98. The molecular formula is C33H38ClN5O4. The van der Waals surface area contributed by atoms with E-state index < -0.39 is 0 Å². The van der Waals surface area contributed by atoms with E-state index in [9.17, 15) is 9.90 Å². The van der Waals surface area contributed by atoms with Crippen molar-refractivity contribution in [3.05, 3.63) is 88.4 Å². The van der Waals surface area contributed by atoms with Gasteiger partial charge in [0.05, 0.1) is 44.2 Å². The van der Waals surface area contributed by atoms with Crippen LogP contribution in [-0.2, 0) is 17.6 Å². The molecule has 2 N–H and O–H groups in total. The molecule has 0 radical (unpaired) electrons. The van der Waals surface area contributed by atoms with E-state index >= 15 is 0 Å². The number of aliphatic hydroxyl groups excluding tert-OH is 1. The molecule has 2 saturated heterocycles. The summed E-state index contributed by atoms with van der Waals surface area (Å²) in [5.74, 6) is 1.85. The van der Waals surface area contributed by atoms with E-state index in [4.69, 9.17) is 31.0 Å². The fourth-order valence-electron chi connectivity index (χ4n) is 6.27. The quantitative estimate of drug-likeness (QED) is 0.374. The van der Waals surface area contributed by atoms with Crippen molar-refractivity contribution >= 4 is 28.4 Å². The summed E-state index contributed by atoms with van der Waals surface area (Å²) < 4.78 is 11.2. The monoisotopic (exact) mass is 603 g/mol. The average Bonchev–Trinajstić information content (AvgIpc) is 3.44. The molecule has 3 aromatic rings. The minimum absolute atomic E-state index is 0.0298. The lowest BCUT2D eigenvalue weighted by Crippen LogP contribution is -2.50. The largest absolute Gasteiger partial charge is 0.496 e. The molecule has 0 unspecified atom stereocenters. The fraction of sp³-hybridized carbons (Fsp3) is 0.424.